The van der Waals surface area contributed by atoms with Crippen LogP contribution >= 0.6 is 24.0 Å². The fraction of sp³-hybridized carbons (Fsp3) is 0.667. The number of nitrogens with one attached hydrogen (secondary N) is 2. The fourth-order valence-corrected chi connectivity index (χ4v) is 4.60. The van der Waals surface area contributed by atoms with Crippen molar-refractivity contribution in [1.82, 2.24) is 10.6 Å². The molecular weight excluding hydrogens is 453 g/mol. The lowest BCUT2D eigenvalue weighted by molar-refractivity contribution is -0.125. The van der Waals surface area contributed by atoms with Gasteiger partial charge in [-0.3, -0.25) is 0 Å². The van der Waals surface area contributed by atoms with E-state index in [0.29, 0.717) is 18.7 Å². The van der Waals surface area contributed by atoms with Crippen LogP contribution in [0.15, 0.2) is 29.3 Å². The van der Waals surface area contributed by atoms with Gasteiger partial charge in [-0.05, 0) is 44.2 Å². The Kier molecular flexibility index (Phi) is 8.82. The monoisotopic (exact) mass is 487 g/mol. The number of ether oxygens (including phenoxy) is 1. The van der Waals surface area contributed by atoms with Crippen LogP contribution in [0.4, 0.5) is 0 Å². The van der Waals surface area contributed by atoms with Crippen molar-refractivity contribution in [2.24, 2.45) is 10.4 Å². The number of guanidine groups is 1. The lowest BCUT2D eigenvalue weighted by atomic mass is 9.60. The highest BCUT2D eigenvalue weighted by Gasteiger charge is 2.56. The van der Waals surface area contributed by atoms with Gasteiger partial charge in [-0.15, -0.1) is 24.0 Å². The normalized spacial score (nSPS) is 23.6. The number of aliphatic hydroxyl groups excluding tert-OH is 1. The minimum Gasteiger partial charge on any atom is -0.392 e. The quantitative estimate of drug-likeness (QED) is 0.313. The molecule has 1 aromatic carbocycles. The third-order valence-electron chi connectivity index (χ3n) is 6.04. The second kappa shape index (κ2) is 10.6. The summed E-state index contributed by atoms with van der Waals surface area (Å²) in [7, 11) is 0. The number of hydrogen-bond acceptors (Lipinski definition) is 3. The van der Waals surface area contributed by atoms with Gasteiger partial charge < -0.3 is 20.5 Å². The van der Waals surface area contributed by atoms with Crippen LogP contribution in [0.3, 0.4) is 0 Å². The average molecular weight is 487 g/mol. The van der Waals surface area contributed by atoms with E-state index in [4.69, 9.17) is 9.73 Å². The fourth-order valence-electron chi connectivity index (χ4n) is 4.60. The highest BCUT2D eigenvalue weighted by atomic mass is 127. The maximum absolute atomic E-state index is 9.51. The second-order valence-electron chi connectivity index (χ2n) is 7.44. The lowest BCUT2D eigenvalue weighted by Gasteiger charge is -2.54. The van der Waals surface area contributed by atoms with Crippen LogP contribution in [0.25, 0.3) is 0 Å². The third-order valence-corrected chi connectivity index (χ3v) is 6.04. The van der Waals surface area contributed by atoms with Crippen molar-refractivity contribution < 1.29 is 9.84 Å². The van der Waals surface area contributed by atoms with Crippen LogP contribution in [-0.2, 0) is 17.9 Å². The molecule has 0 aliphatic heterocycles. The Bertz CT molecular complexity index is 617. The molecule has 0 aromatic heterocycles. The Labute approximate surface area is 180 Å². The van der Waals surface area contributed by atoms with Crippen molar-refractivity contribution in [2.75, 3.05) is 13.2 Å². The molecule has 6 heteroatoms. The van der Waals surface area contributed by atoms with Crippen molar-refractivity contribution in [3.8, 4) is 0 Å². The van der Waals surface area contributed by atoms with E-state index in [1.165, 1.54) is 25.7 Å². The van der Waals surface area contributed by atoms with Crippen molar-refractivity contribution >= 4 is 29.9 Å². The minimum atomic E-state index is 0. The van der Waals surface area contributed by atoms with Crippen LogP contribution in [-0.4, -0.2) is 36.4 Å². The number of aliphatic imine (C=N–C) groups is 1. The molecule has 2 fully saturated rings. The summed E-state index contributed by atoms with van der Waals surface area (Å²) in [6.07, 6.45) is 6.57. The third kappa shape index (κ3) is 4.95. The number of hydrogen-bond donors (Lipinski definition) is 3. The Hall–Kier alpha value is -0.860. The van der Waals surface area contributed by atoms with Gasteiger partial charge in [0.2, 0.25) is 0 Å². The van der Waals surface area contributed by atoms with Gasteiger partial charge >= 0.3 is 0 Å². The van der Waals surface area contributed by atoms with Crippen LogP contribution < -0.4 is 10.6 Å². The van der Waals surface area contributed by atoms with Gasteiger partial charge in [0.15, 0.2) is 5.96 Å². The van der Waals surface area contributed by atoms with E-state index in [-0.39, 0.29) is 36.0 Å². The molecule has 0 heterocycles. The maximum Gasteiger partial charge on any atom is 0.191 e. The van der Waals surface area contributed by atoms with Gasteiger partial charge in [0.05, 0.1) is 19.3 Å². The number of benzene rings is 1. The van der Waals surface area contributed by atoms with Gasteiger partial charge in [0, 0.05) is 24.6 Å². The van der Waals surface area contributed by atoms with Crippen LogP contribution in [0, 0.1) is 5.41 Å². The lowest BCUT2D eigenvalue weighted by Crippen LogP contribution is -2.65. The maximum atomic E-state index is 9.51. The van der Waals surface area contributed by atoms with Crippen LogP contribution in [0.5, 0.6) is 0 Å². The molecule has 0 saturated heterocycles. The molecule has 2 atom stereocenters. The number of halogens is 1. The molecule has 2 unspecified atom stereocenters. The Balaban J connectivity index is 0.00000261. The highest BCUT2D eigenvalue weighted by molar-refractivity contribution is 14.0. The predicted octanol–water partition coefficient (Wildman–Crippen LogP) is 3.59. The molecule has 5 nitrogen and oxygen atoms in total. The van der Waals surface area contributed by atoms with E-state index in [1.54, 1.807) is 0 Å². The Morgan fingerprint density at radius 3 is 2.56 bits per heavy atom. The largest absolute Gasteiger partial charge is 0.392 e. The first-order valence-electron chi connectivity index (χ1n) is 10.1. The molecular formula is C21H34IN3O2. The van der Waals surface area contributed by atoms with Crippen molar-refractivity contribution in [1.29, 1.82) is 0 Å². The summed E-state index contributed by atoms with van der Waals surface area (Å²) in [5, 5.41) is 16.6. The molecule has 27 heavy (non-hydrogen) atoms. The molecule has 1 spiro atoms. The van der Waals surface area contributed by atoms with Gasteiger partial charge in [0.1, 0.15) is 0 Å². The number of nitrogens with zero attached hydrogens (tertiary/aromatic N) is 1. The van der Waals surface area contributed by atoms with Crippen molar-refractivity contribution in [3.63, 3.8) is 0 Å². The second-order valence-corrected chi connectivity index (χ2v) is 7.44. The van der Waals surface area contributed by atoms with E-state index in [2.05, 4.69) is 24.5 Å². The molecule has 0 radical (unpaired) electrons. The molecule has 152 valence electrons. The van der Waals surface area contributed by atoms with E-state index in [9.17, 15) is 5.11 Å². The molecule has 3 rings (SSSR count). The van der Waals surface area contributed by atoms with E-state index < -0.39 is 0 Å². The van der Waals surface area contributed by atoms with E-state index in [1.807, 2.05) is 24.3 Å². The molecule has 0 bridgehead atoms. The van der Waals surface area contributed by atoms with E-state index in [0.717, 1.165) is 36.7 Å². The van der Waals surface area contributed by atoms with Crippen LogP contribution in [0.1, 0.15) is 57.1 Å². The summed E-state index contributed by atoms with van der Waals surface area (Å²) in [6, 6.07) is 8.38. The van der Waals surface area contributed by atoms with Gasteiger partial charge in [-0.2, -0.15) is 0 Å². The average Bonchev–Trinajstić information content (AvgIpc) is 3.18. The molecule has 3 N–H and O–H groups in total. The zero-order valence-corrected chi connectivity index (χ0v) is 18.9. The van der Waals surface area contributed by atoms with E-state index >= 15 is 0 Å². The van der Waals surface area contributed by atoms with Crippen molar-refractivity contribution in [2.45, 2.75) is 71.2 Å². The molecule has 0 amide bonds. The zero-order valence-electron chi connectivity index (χ0n) is 16.5. The molecule has 2 aliphatic carbocycles. The SMILES string of the molecule is CCNC(=NCc1ccccc1CO)NC1CC(OCC)C12CCCC2.I. The van der Waals surface area contributed by atoms with Gasteiger partial charge in [-0.25, -0.2) is 4.99 Å². The molecule has 2 saturated carbocycles. The zero-order chi connectivity index (χ0) is 18.4. The standard InChI is InChI=1S/C21H33N3O2.HI/c1-3-22-20(23-14-16-9-5-6-10-17(16)15-25)24-18-13-19(26-4-2)21(18)11-7-8-12-21;/h5-6,9-10,18-19,25H,3-4,7-8,11-15H2,1-2H3,(H2,22,23,24);1H. The first kappa shape index (κ1) is 22.4. The summed E-state index contributed by atoms with van der Waals surface area (Å²) >= 11 is 0. The minimum absolute atomic E-state index is 0. The Morgan fingerprint density at radius 2 is 1.93 bits per heavy atom. The van der Waals surface area contributed by atoms with Gasteiger partial charge in [0.25, 0.3) is 0 Å². The number of aliphatic hydroxyl groups is 1. The van der Waals surface area contributed by atoms with Crippen molar-refractivity contribution in [3.05, 3.63) is 35.4 Å². The summed E-state index contributed by atoms with van der Waals surface area (Å²) in [6.45, 7) is 6.44. The van der Waals surface area contributed by atoms with Crippen LogP contribution in [0.2, 0.25) is 0 Å². The first-order chi connectivity index (χ1) is 12.7. The summed E-state index contributed by atoms with van der Waals surface area (Å²) in [4.78, 5) is 4.78. The summed E-state index contributed by atoms with van der Waals surface area (Å²) in [5.74, 6) is 0.867. The number of rotatable bonds is 7. The molecule has 1 aromatic rings. The molecule has 2 aliphatic rings. The summed E-state index contributed by atoms with van der Waals surface area (Å²) < 4.78 is 6.02. The summed E-state index contributed by atoms with van der Waals surface area (Å²) in [5.41, 5.74) is 2.30. The Morgan fingerprint density at radius 1 is 1.22 bits per heavy atom. The van der Waals surface area contributed by atoms with Gasteiger partial charge in [-0.1, -0.05) is 37.1 Å². The smallest absolute Gasteiger partial charge is 0.191 e. The topological polar surface area (TPSA) is 65.9 Å². The predicted molar refractivity (Wildman–Crippen MR) is 120 cm³/mol. The highest BCUT2D eigenvalue weighted by Crippen LogP contribution is 2.54. The first-order valence-corrected chi connectivity index (χ1v) is 10.1.